The van der Waals surface area contributed by atoms with E-state index in [1.165, 1.54) is 0 Å². The van der Waals surface area contributed by atoms with Crippen LogP contribution in [0, 0.1) is 5.92 Å². The number of carbonyl (C=O) groups excluding carboxylic acids is 3. The molecule has 2 heterocycles. The van der Waals surface area contributed by atoms with Crippen molar-refractivity contribution in [1.82, 2.24) is 9.80 Å². The summed E-state index contributed by atoms with van der Waals surface area (Å²) in [4.78, 5) is 42.6. The molecule has 8 heteroatoms. The third-order valence-corrected chi connectivity index (χ3v) is 5.53. The molecule has 1 unspecified atom stereocenters. The number of anilines is 1. The summed E-state index contributed by atoms with van der Waals surface area (Å²) in [7, 11) is 0. The van der Waals surface area contributed by atoms with Gasteiger partial charge in [-0.2, -0.15) is 0 Å². The maximum atomic E-state index is 12.9. The first kappa shape index (κ1) is 20.6. The number of hydrogen-bond acceptors (Lipinski definition) is 4. The Balaban J connectivity index is 1.57. The Kier molecular flexibility index (Phi) is 5.98. The maximum Gasteiger partial charge on any atom is 0.410 e. The Morgan fingerprint density at radius 1 is 1.07 bits per heavy atom. The predicted octanol–water partition coefficient (Wildman–Crippen LogP) is 2.88. The van der Waals surface area contributed by atoms with E-state index in [1.54, 1.807) is 14.7 Å². The SMILES string of the molecule is CC(C)(C)OC(=O)N1CCN(C(=O)C2CC(=O)N(c3ccccc3Br)C2)CC1. The zero-order valence-electron chi connectivity index (χ0n) is 16.5. The Morgan fingerprint density at radius 2 is 1.68 bits per heavy atom. The third-order valence-electron chi connectivity index (χ3n) is 4.86. The average Bonchev–Trinajstić information content (AvgIpc) is 3.02. The van der Waals surface area contributed by atoms with Crippen LogP contribution in [-0.2, 0) is 14.3 Å². The molecule has 3 amide bonds. The van der Waals surface area contributed by atoms with Crippen LogP contribution in [0.2, 0.25) is 0 Å². The number of piperazine rings is 1. The summed E-state index contributed by atoms with van der Waals surface area (Å²) < 4.78 is 6.22. The molecule has 0 saturated carbocycles. The number of benzene rings is 1. The van der Waals surface area contributed by atoms with Gasteiger partial charge >= 0.3 is 6.09 Å². The Morgan fingerprint density at radius 3 is 2.29 bits per heavy atom. The molecule has 1 atom stereocenters. The lowest BCUT2D eigenvalue weighted by atomic mass is 10.1. The Labute approximate surface area is 173 Å². The minimum Gasteiger partial charge on any atom is -0.444 e. The highest BCUT2D eigenvalue weighted by atomic mass is 79.9. The van der Waals surface area contributed by atoms with E-state index in [0.717, 1.165) is 10.2 Å². The van der Waals surface area contributed by atoms with E-state index < -0.39 is 5.60 Å². The summed E-state index contributed by atoms with van der Waals surface area (Å²) in [5.74, 6) is -0.419. The quantitative estimate of drug-likeness (QED) is 0.692. The molecule has 2 fully saturated rings. The summed E-state index contributed by atoms with van der Waals surface area (Å²) in [6, 6.07) is 7.52. The number of ether oxygens (including phenoxy) is 1. The molecule has 152 valence electrons. The van der Waals surface area contributed by atoms with E-state index in [9.17, 15) is 14.4 Å². The van der Waals surface area contributed by atoms with Gasteiger partial charge in [0.05, 0.1) is 11.6 Å². The van der Waals surface area contributed by atoms with Crippen molar-refractivity contribution in [3.8, 4) is 0 Å². The van der Waals surface area contributed by atoms with E-state index >= 15 is 0 Å². The summed E-state index contributed by atoms with van der Waals surface area (Å²) in [6.45, 7) is 7.67. The van der Waals surface area contributed by atoms with Gasteiger partial charge in [0, 0.05) is 43.6 Å². The highest BCUT2D eigenvalue weighted by Gasteiger charge is 2.39. The fraction of sp³-hybridized carbons (Fsp3) is 0.550. The molecule has 1 aromatic rings. The molecule has 0 N–H and O–H groups in total. The molecule has 2 saturated heterocycles. The van der Waals surface area contributed by atoms with Gasteiger partial charge in [-0.3, -0.25) is 9.59 Å². The molecular formula is C20H26BrN3O4. The Bertz CT molecular complexity index is 769. The summed E-state index contributed by atoms with van der Waals surface area (Å²) in [6.07, 6.45) is -0.136. The number of rotatable bonds is 2. The molecule has 7 nitrogen and oxygen atoms in total. The van der Waals surface area contributed by atoms with Gasteiger partial charge in [0.1, 0.15) is 5.60 Å². The van der Waals surface area contributed by atoms with Gasteiger partial charge in [-0.1, -0.05) is 12.1 Å². The number of halogens is 1. The van der Waals surface area contributed by atoms with Gasteiger partial charge in [0.25, 0.3) is 0 Å². The first-order valence-electron chi connectivity index (χ1n) is 9.47. The lowest BCUT2D eigenvalue weighted by molar-refractivity contribution is -0.137. The van der Waals surface area contributed by atoms with Crippen LogP contribution in [0.3, 0.4) is 0 Å². The van der Waals surface area contributed by atoms with Crippen molar-refractivity contribution >= 4 is 39.5 Å². The molecule has 0 aromatic heterocycles. The van der Waals surface area contributed by atoms with Crippen LogP contribution in [0.15, 0.2) is 28.7 Å². The number of amides is 3. The van der Waals surface area contributed by atoms with Crippen LogP contribution in [0.1, 0.15) is 27.2 Å². The smallest absolute Gasteiger partial charge is 0.410 e. The minimum absolute atomic E-state index is 0.0215. The second kappa shape index (κ2) is 8.11. The van der Waals surface area contributed by atoms with E-state index in [0.29, 0.717) is 32.7 Å². The van der Waals surface area contributed by atoms with E-state index in [-0.39, 0.29) is 30.2 Å². The second-order valence-electron chi connectivity index (χ2n) is 8.15. The standard InChI is InChI=1S/C20H26BrN3O4/c1-20(2,3)28-19(27)23-10-8-22(9-11-23)18(26)14-12-17(25)24(13-14)16-7-5-4-6-15(16)21/h4-7,14H,8-13H2,1-3H3. The van der Waals surface area contributed by atoms with Crippen molar-refractivity contribution in [2.45, 2.75) is 32.8 Å². The number of carbonyl (C=O) groups is 3. The normalized spacial score (nSPS) is 20.5. The molecule has 28 heavy (non-hydrogen) atoms. The van der Waals surface area contributed by atoms with Gasteiger partial charge in [0.2, 0.25) is 11.8 Å². The van der Waals surface area contributed by atoms with Crippen LogP contribution >= 0.6 is 15.9 Å². The molecule has 1 aromatic carbocycles. The fourth-order valence-corrected chi connectivity index (χ4v) is 3.97. The largest absolute Gasteiger partial charge is 0.444 e. The lowest BCUT2D eigenvalue weighted by Gasteiger charge is -2.36. The lowest BCUT2D eigenvalue weighted by Crippen LogP contribution is -2.53. The zero-order chi connectivity index (χ0) is 20.5. The van der Waals surface area contributed by atoms with Gasteiger partial charge in [-0.05, 0) is 48.8 Å². The van der Waals surface area contributed by atoms with Crippen LogP contribution in [0.4, 0.5) is 10.5 Å². The van der Waals surface area contributed by atoms with Crippen LogP contribution in [-0.4, -0.2) is 66.0 Å². The molecule has 3 rings (SSSR count). The van der Waals surface area contributed by atoms with Crippen molar-refractivity contribution in [2.24, 2.45) is 5.92 Å². The molecular weight excluding hydrogens is 426 g/mol. The first-order chi connectivity index (χ1) is 13.2. The van der Waals surface area contributed by atoms with E-state index in [1.807, 2.05) is 45.0 Å². The van der Waals surface area contributed by atoms with Crippen molar-refractivity contribution in [1.29, 1.82) is 0 Å². The van der Waals surface area contributed by atoms with Gasteiger partial charge in [-0.15, -0.1) is 0 Å². The predicted molar refractivity (Wildman–Crippen MR) is 109 cm³/mol. The average molecular weight is 452 g/mol. The highest BCUT2D eigenvalue weighted by Crippen LogP contribution is 2.32. The molecule has 0 aliphatic carbocycles. The van der Waals surface area contributed by atoms with Crippen LogP contribution in [0.5, 0.6) is 0 Å². The van der Waals surface area contributed by atoms with Gasteiger partial charge in [-0.25, -0.2) is 4.79 Å². The van der Waals surface area contributed by atoms with Crippen molar-refractivity contribution in [3.63, 3.8) is 0 Å². The first-order valence-corrected chi connectivity index (χ1v) is 10.3. The van der Waals surface area contributed by atoms with E-state index in [4.69, 9.17) is 4.74 Å². The van der Waals surface area contributed by atoms with Crippen molar-refractivity contribution < 1.29 is 19.1 Å². The molecule has 2 aliphatic rings. The minimum atomic E-state index is -0.538. The van der Waals surface area contributed by atoms with Crippen LogP contribution in [0.25, 0.3) is 0 Å². The highest BCUT2D eigenvalue weighted by molar-refractivity contribution is 9.10. The van der Waals surface area contributed by atoms with Crippen LogP contribution < -0.4 is 4.90 Å². The molecule has 0 bridgehead atoms. The topological polar surface area (TPSA) is 70.2 Å². The van der Waals surface area contributed by atoms with Gasteiger partial charge < -0.3 is 19.4 Å². The summed E-state index contributed by atoms with van der Waals surface area (Å²) in [5.41, 5.74) is 0.251. The number of para-hydroxylation sites is 1. The zero-order valence-corrected chi connectivity index (χ0v) is 18.1. The van der Waals surface area contributed by atoms with E-state index in [2.05, 4.69) is 15.9 Å². The monoisotopic (exact) mass is 451 g/mol. The fourth-order valence-electron chi connectivity index (χ4n) is 3.47. The number of nitrogens with zero attached hydrogens (tertiary/aromatic N) is 3. The maximum absolute atomic E-state index is 12.9. The van der Waals surface area contributed by atoms with Crippen molar-refractivity contribution in [3.05, 3.63) is 28.7 Å². The van der Waals surface area contributed by atoms with Gasteiger partial charge in [0.15, 0.2) is 0 Å². The molecule has 2 aliphatic heterocycles. The molecule has 0 radical (unpaired) electrons. The Hall–Kier alpha value is -2.09. The third kappa shape index (κ3) is 4.66. The summed E-state index contributed by atoms with van der Waals surface area (Å²) in [5, 5.41) is 0. The second-order valence-corrected chi connectivity index (χ2v) is 9.00. The van der Waals surface area contributed by atoms with Crippen molar-refractivity contribution in [2.75, 3.05) is 37.6 Å². The molecule has 0 spiro atoms. The summed E-state index contributed by atoms with van der Waals surface area (Å²) >= 11 is 3.47. The number of hydrogen-bond donors (Lipinski definition) is 0.